The Kier molecular flexibility index (Phi) is 2.80. The summed E-state index contributed by atoms with van der Waals surface area (Å²) >= 11 is 0. The molecule has 0 aliphatic carbocycles. The number of aromatic nitrogens is 3. The number of H-pyrrole nitrogens is 1. The van der Waals surface area contributed by atoms with Gasteiger partial charge in [0.25, 0.3) is 5.89 Å². The Morgan fingerprint density at radius 3 is 2.85 bits per heavy atom. The first-order valence-corrected chi connectivity index (χ1v) is 5.86. The van der Waals surface area contributed by atoms with Crippen molar-refractivity contribution in [2.24, 2.45) is 0 Å². The number of aryl methyl sites for hydroxylation is 1. The van der Waals surface area contributed by atoms with Crippen molar-refractivity contribution in [3.05, 3.63) is 47.5 Å². The van der Waals surface area contributed by atoms with Gasteiger partial charge in [0, 0.05) is 11.8 Å². The van der Waals surface area contributed by atoms with Crippen LogP contribution < -0.4 is 0 Å². The highest BCUT2D eigenvalue weighted by atomic mass is 19.1. The van der Waals surface area contributed by atoms with Crippen LogP contribution in [-0.2, 0) is 0 Å². The molecule has 0 spiro atoms. The Balaban J connectivity index is 1.97. The van der Waals surface area contributed by atoms with Crippen molar-refractivity contribution >= 4 is 0 Å². The van der Waals surface area contributed by atoms with Gasteiger partial charge in [-0.15, -0.1) is 0 Å². The van der Waals surface area contributed by atoms with Crippen molar-refractivity contribution in [1.29, 1.82) is 5.26 Å². The monoisotopic (exact) mass is 268 g/mol. The highest BCUT2D eigenvalue weighted by Gasteiger charge is 2.13. The van der Waals surface area contributed by atoms with E-state index in [0.717, 1.165) is 0 Å². The fourth-order valence-electron chi connectivity index (χ4n) is 1.82. The quantitative estimate of drug-likeness (QED) is 0.774. The van der Waals surface area contributed by atoms with Gasteiger partial charge in [0.1, 0.15) is 17.6 Å². The largest absolute Gasteiger partial charge is 0.352 e. The molecule has 20 heavy (non-hydrogen) atoms. The molecule has 0 bridgehead atoms. The summed E-state index contributed by atoms with van der Waals surface area (Å²) in [7, 11) is 0. The third-order valence-electron chi connectivity index (χ3n) is 2.89. The number of nitriles is 1. The first-order chi connectivity index (χ1) is 9.67. The SMILES string of the molecule is Cc1cc(-c2noc(-c3c[nH]c(C#N)c3)n2)ccc1F. The van der Waals surface area contributed by atoms with E-state index in [9.17, 15) is 4.39 Å². The van der Waals surface area contributed by atoms with Gasteiger partial charge < -0.3 is 9.51 Å². The molecule has 98 valence electrons. The molecule has 1 aromatic carbocycles. The number of hydrogen-bond donors (Lipinski definition) is 1. The van der Waals surface area contributed by atoms with Crippen LogP contribution in [0.4, 0.5) is 4.39 Å². The minimum absolute atomic E-state index is 0.276. The van der Waals surface area contributed by atoms with Gasteiger partial charge in [0.2, 0.25) is 5.82 Å². The summed E-state index contributed by atoms with van der Waals surface area (Å²) < 4.78 is 18.4. The minimum Gasteiger partial charge on any atom is -0.352 e. The van der Waals surface area contributed by atoms with Crippen molar-refractivity contribution in [3.63, 3.8) is 0 Å². The molecule has 6 heteroatoms. The minimum atomic E-state index is -0.276. The molecule has 2 heterocycles. The topological polar surface area (TPSA) is 78.5 Å². The molecule has 5 nitrogen and oxygen atoms in total. The Bertz CT molecular complexity index is 813. The lowest BCUT2D eigenvalue weighted by molar-refractivity contribution is 0.432. The fourth-order valence-corrected chi connectivity index (χ4v) is 1.82. The molecule has 0 radical (unpaired) electrons. The molecule has 2 aromatic heterocycles. The summed E-state index contributed by atoms with van der Waals surface area (Å²) in [5, 5.41) is 12.6. The molecule has 0 aliphatic rings. The lowest BCUT2D eigenvalue weighted by Gasteiger charge is -1.97. The maximum atomic E-state index is 13.2. The van der Waals surface area contributed by atoms with E-state index in [1.54, 1.807) is 31.3 Å². The van der Waals surface area contributed by atoms with Crippen LogP contribution in [-0.4, -0.2) is 15.1 Å². The normalized spacial score (nSPS) is 10.4. The van der Waals surface area contributed by atoms with E-state index in [1.807, 2.05) is 6.07 Å². The average molecular weight is 268 g/mol. The zero-order valence-electron chi connectivity index (χ0n) is 10.5. The van der Waals surface area contributed by atoms with Crippen LogP contribution in [0.5, 0.6) is 0 Å². The number of halogens is 1. The summed E-state index contributed by atoms with van der Waals surface area (Å²) in [6.07, 6.45) is 1.62. The number of hydrogen-bond acceptors (Lipinski definition) is 4. The summed E-state index contributed by atoms with van der Waals surface area (Å²) in [6.45, 7) is 1.67. The molecule has 3 aromatic rings. The Hall–Kier alpha value is -2.94. The predicted molar refractivity (Wildman–Crippen MR) is 68.9 cm³/mol. The Morgan fingerprint density at radius 1 is 1.30 bits per heavy atom. The van der Waals surface area contributed by atoms with Crippen molar-refractivity contribution in [1.82, 2.24) is 15.1 Å². The van der Waals surface area contributed by atoms with E-state index < -0.39 is 0 Å². The molecular weight excluding hydrogens is 259 g/mol. The molecular formula is C14H9FN4O. The fraction of sp³-hybridized carbons (Fsp3) is 0.0714. The summed E-state index contributed by atoms with van der Waals surface area (Å²) in [4.78, 5) is 7.02. The molecule has 0 fully saturated rings. The van der Waals surface area contributed by atoms with E-state index in [4.69, 9.17) is 9.78 Å². The van der Waals surface area contributed by atoms with Gasteiger partial charge in [-0.2, -0.15) is 10.2 Å². The van der Waals surface area contributed by atoms with Gasteiger partial charge in [0.15, 0.2) is 0 Å². The van der Waals surface area contributed by atoms with E-state index in [0.29, 0.717) is 34.1 Å². The second-order valence-corrected chi connectivity index (χ2v) is 4.30. The van der Waals surface area contributed by atoms with E-state index in [2.05, 4.69) is 15.1 Å². The lowest BCUT2D eigenvalue weighted by Crippen LogP contribution is -1.86. The van der Waals surface area contributed by atoms with E-state index in [1.165, 1.54) is 6.07 Å². The molecule has 0 saturated heterocycles. The van der Waals surface area contributed by atoms with E-state index in [-0.39, 0.29) is 5.82 Å². The molecule has 0 unspecified atom stereocenters. The van der Waals surface area contributed by atoms with Crippen molar-refractivity contribution in [2.75, 3.05) is 0 Å². The van der Waals surface area contributed by atoms with Gasteiger partial charge >= 0.3 is 0 Å². The second-order valence-electron chi connectivity index (χ2n) is 4.30. The standard InChI is InChI=1S/C14H9FN4O/c1-8-4-9(2-3-12(8)15)13-18-14(20-19-13)10-5-11(6-16)17-7-10/h2-5,7,17H,1H3. The second kappa shape index (κ2) is 4.63. The first kappa shape index (κ1) is 12.1. The average Bonchev–Trinajstić information content (AvgIpc) is 3.09. The number of nitrogens with one attached hydrogen (secondary N) is 1. The molecule has 0 atom stereocenters. The van der Waals surface area contributed by atoms with Crippen LogP contribution >= 0.6 is 0 Å². The van der Waals surface area contributed by atoms with Crippen LogP contribution in [0.1, 0.15) is 11.3 Å². The highest BCUT2D eigenvalue weighted by molar-refractivity contribution is 5.61. The van der Waals surface area contributed by atoms with Crippen molar-refractivity contribution in [2.45, 2.75) is 6.92 Å². The zero-order chi connectivity index (χ0) is 14.1. The summed E-state index contributed by atoms with van der Waals surface area (Å²) in [5.74, 6) is 0.407. The van der Waals surface area contributed by atoms with Crippen LogP contribution in [0.2, 0.25) is 0 Å². The van der Waals surface area contributed by atoms with Crippen LogP contribution in [0.3, 0.4) is 0 Å². The van der Waals surface area contributed by atoms with Gasteiger partial charge in [-0.3, -0.25) is 0 Å². The molecule has 0 amide bonds. The lowest BCUT2D eigenvalue weighted by atomic mass is 10.1. The number of nitrogens with zero attached hydrogens (tertiary/aromatic N) is 3. The zero-order valence-corrected chi connectivity index (χ0v) is 10.5. The van der Waals surface area contributed by atoms with Gasteiger partial charge in [-0.1, -0.05) is 5.16 Å². The molecule has 3 rings (SSSR count). The van der Waals surface area contributed by atoms with Crippen molar-refractivity contribution < 1.29 is 8.91 Å². The van der Waals surface area contributed by atoms with E-state index >= 15 is 0 Å². The maximum Gasteiger partial charge on any atom is 0.259 e. The predicted octanol–water partition coefficient (Wildman–Crippen LogP) is 3.05. The Labute approximate surface area is 113 Å². The Morgan fingerprint density at radius 2 is 2.15 bits per heavy atom. The highest BCUT2D eigenvalue weighted by Crippen LogP contribution is 2.23. The summed E-state index contributed by atoms with van der Waals surface area (Å²) in [5.41, 5.74) is 2.24. The maximum absolute atomic E-state index is 13.2. The molecule has 0 saturated carbocycles. The van der Waals surface area contributed by atoms with Crippen LogP contribution in [0.15, 0.2) is 35.0 Å². The first-order valence-electron chi connectivity index (χ1n) is 5.86. The van der Waals surface area contributed by atoms with Gasteiger partial charge in [0.05, 0.1) is 5.56 Å². The number of rotatable bonds is 2. The van der Waals surface area contributed by atoms with Crippen LogP contribution in [0.25, 0.3) is 22.8 Å². The van der Waals surface area contributed by atoms with Crippen molar-refractivity contribution in [3.8, 4) is 28.9 Å². The van der Waals surface area contributed by atoms with Gasteiger partial charge in [-0.05, 0) is 36.8 Å². The van der Waals surface area contributed by atoms with Gasteiger partial charge in [-0.25, -0.2) is 4.39 Å². The van der Waals surface area contributed by atoms with Crippen LogP contribution in [0, 0.1) is 24.1 Å². The molecule has 0 aliphatic heterocycles. The third-order valence-corrected chi connectivity index (χ3v) is 2.89. The number of aromatic amines is 1. The molecule has 1 N–H and O–H groups in total. The smallest absolute Gasteiger partial charge is 0.259 e. The number of benzene rings is 1. The summed E-state index contributed by atoms with van der Waals surface area (Å²) in [6, 6.07) is 8.21. The third kappa shape index (κ3) is 2.06.